The van der Waals surface area contributed by atoms with Crippen molar-refractivity contribution >= 4 is 42.8 Å². The molecule has 2 aliphatic heterocycles. The first-order valence-corrected chi connectivity index (χ1v) is 17.9. The summed E-state index contributed by atoms with van der Waals surface area (Å²) in [6.07, 6.45) is 1.15. The minimum absolute atomic E-state index is 0.0971. The van der Waals surface area contributed by atoms with Gasteiger partial charge in [-0.1, -0.05) is 24.0 Å². The van der Waals surface area contributed by atoms with Crippen LogP contribution in [-0.4, -0.2) is 71.5 Å². The largest absolute Gasteiger partial charge is 0.495 e. The van der Waals surface area contributed by atoms with Crippen molar-refractivity contribution in [3.8, 4) is 17.6 Å². The fourth-order valence-electron chi connectivity index (χ4n) is 7.02. The van der Waals surface area contributed by atoms with E-state index in [9.17, 15) is 21.6 Å². The number of nitrogens with zero attached hydrogens (tertiary/aromatic N) is 1. The number of halogens is 3. The lowest BCUT2D eigenvalue weighted by Gasteiger charge is -2.56. The second-order valence-corrected chi connectivity index (χ2v) is 15.2. The predicted octanol–water partition coefficient (Wildman–Crippen LogP) is 5.96. The number of hydrogen-bond acceptors (Lipinski definition) is 8. The van der Waals surface area contributed by atoms with Gasteiger partial charge in [-0.2, -0.15) is 13.2 Å². The van der Waals surface area contributed by atoms with Crippen LogP contribution in [0.15, 0.2) is 41.3 Å². The van der Waals surface area contributed by atoms with Gasteiger partial charge in [0.1, 0.15) is 5.75 Å². The summed E-state index contributed by atoms with van der Waals surface area (Å²) in [6.45, 7) is 4.21. The molecule has 46 heavy (non-hydrogen) atoms. The number of ether oxygens (including phenoxy) is 2. The van der Waals surface area contributed by atoms with Crippen LogP contribution in [0.1, 0.15) is 49.0 Å². The number of rotatable bonds is 8. The third-order valence-electron chi connectivity index (χ3n) is 9.47. The van der Waals surface area contributed by atoms with Crippen molar-refractivity contribution < 1.29 is 31.1 Å². The average molecular weight is 677 g/mol. The van der Waals surface area contributed by atoms with Crippen LogP contribution in [0, 0.1) is 17.3 Å². The summed E-state index contributed by atoms with van der Waals surface area (Å²) in [4.78, 5) is 2.92. The molecule has 0 amide bonds. The van der Waals surface area contributed by atoms with Crippen molar-refractivity contribution in [1.82, 2.24) is 4.90 Å². The molecule has 3 aromatic rings. The van der Waals surface area contributed by atoms with E-state index in [1.165, 1.54) is 49.7 Å². The fourth-order valence-corrected chi connectivity index (χ4v) is 8.72. The molecule has 0 radical (unpaired) electrons. The smallest absolute Gasteiger partial charge is 0.393 e. The highest BCUT2D eigenvalue weighted by Gasteiger charge is 2.46. The molecule has 0 unspecified atom stereocenters. The molecule has 1 aromatic heterocycles. The minimum atomic E-state index is -4.39. The normalized spacial score (nSPS) is 21.8. The van der Waals surface area contributed by atoms with E-state index in [1.807, 2.05) is 12.1 Å². The zero-order valence-corrected chi connectivity index (χ0v) is 27.3. The maximum absolute atomic E-state index is 13.7. The minimum Gasteiger partial charge on any atom is -0.495 e. The van der Waals surface area contributed by atoms with Crippen molar-refractivity contribution in [1.29, 1.82) is 0 Å². The predicted molar refractivity (Wildman–Crippen MR) is 175 cm³/mol. The van der Waals surface area contributed by atoms with Gasteiger partial charge in [0, 0.05) is 49.9 Å². The first-order valence-electron chi connectivity index (χ1n) is 15.6. The summed E-state index contributed by atoms with van der Waals surface area (Å²) in [5.41, 5.74) is 1.98. The van der Waals surface area contributed by atoms with E-state index in [1.54, 1.807) is 6.07 Å². The number of anilines is 2. The van der Waals surface area contributed by atoms with Crippen molar-refractivity contribution in [2.24, 2.45) is 10.6 Å². The molecule has 4 N–H and O–H groups in total. The Kier molecular flexibility index (Phi) is 9.47. The Morgan fingerprint density at radius 1 is 1.11 bits per heavy atom. The third kappa shape index (κ3) is 7.42. The summed E-state index contributed by atoms with van der Waals surface area (Å²) in [7, 11) is -2.51. The summed E-state index contributed by atoms with van der Waals surface area (Å²) in [5, 5.41) is 12.5. The van der Waals surface area contributed by atoms with Gasteiger partial charge in [-0.3, -0.25) is 4.90 Å². The molecule has 13 heteroatoms. The molecule has 248 valence electrons. The Morgan fingerprint density at radius 3 is 2.52 bits per heavy atom. The third-order valence-corrected chi connectivity index (χ3v) is 11.6. The molecule has 0 atom stereocenters. The molecular formula is C33H39F3N4O4S2. The highest BCUT2D eigenvalue weighted by molar-refractivity contribution is 7.89. The molecule has 3 aliphatic rings. The van der Waals surface area contributed by atoms with E-state index >= 15 is 0 Å². The highest BCUT2D eigenvalue weighted by atomic mass is 32.2. The Balaban J connectivity index is 1.14. The van der Waals surface area contributed by atoms with E-state index in [0.29, 0.717) is 27.4 Å². The van der Waals surface area contributed by atoms with E-state index in [0.717, 1.165) is 62.1 Å². The Hall–Kier alpha value is -3.02. The number of benzene rings is 2. The van der Waals surface area contributed by atoms with Crippen LogP contribution >= 0.6 is 11.3 Å². The lowest BCUT2D eigenvalue weighted by atomic mass is 9.71. The van der Waals surface area contributed by atoms with Gasteiger partial charge in [-0.05, 0) is 67.7 Å². The molecule has 1 saturated carbocycles. The molecule has 2 aromatic carbocycles. The SMILES string of the molecule is COc1cc(S(N)(=O)=O)ccc1NCC#Cc1sc2c(NC3CCC(N4CC5(CCOCC5)C4)CC3)cccc2c1CC(F)(F)F. The molecular weight excluding hydrogens is 638 g/mol. The Morgan fingerprint density at radius 2 is 1.85 bits per heavy atom. The van der Waals surface area contributed by atoms with Crippen LogP contribution in [0.4, 0.5) is 24.5 Å². The van der Waals surface area contributed by atoms with Crippen LogP contribution in [0.3, 0.4) is 0 Å². The lowest BCUT2D eigenvalue weighted by molar-refractivity contribution is -0.126. The van der Waals surface area contributed by atoms with Crippen molar-refractivity contribution in [3.05, 3.63) is 46.8 Å². The average Bonchev–Trinajstić information content (AvgIpc) is 3.35. The molecule has 1 spiro atoms. The van der Waals surface area contributed by atoms with Gasteiger partial charge in [0.05, 0.1) is 45.9 Å². The number of alkyl halides is 3. The van der Waals surface area contributed by atoms with Crippen molar-refractivity contribution in [2.75, 3.05) is 50.6 Å². The number of methoxy groups -OCH3 is 1. The van der Waals surface area contributed by atoms with E-state index in [-0.39, 0.29) is 28.8 Å². The number of nitrogens with two attached hydrogens (primary N) is 1. The summed E-state index contributed by atoms with van der Waals surface area (Å²) >= 11 is 1.28. The quantitative estimate of drug-likeness (QED) is 0.253. The topological polar surface area (TPSA) is 106 Å². The highest BCUT2D eigenvalue weighted by Crippen LogP contribution is 2.44. The zero-order valence-electron chi connectivity index (χ0n) is 25.7. The molecule has 3 heterocycles. The number of thiophene rings is 1. The van der Waals surface area contributed by atoms with Gasteiger partial charge in [0.2, 0.25) is 10.0 Å². The second-order valence-electron chi connectivity index (χ2n) is 12.6. The zero-order chi connectivity index (χ0) is 32.5. The van der Waals surface area contributed by atoms with Gasteiger partial charge < -0.3 is 20.1 Å². The summed E-state index contributed by atoms with van der Waals surface area (Å²) in [5.74, 6) is 6.15. The fraction of sp³-hybridized carbons (Fsp3) is 0.515. The van der Waals surface area contributed by atoms with Gasteiger partial charge in [0.25, 0.3) is 0 Å². The number of primary sulfonamides is 1. The first kappa shape index (κ1) is 32.9. The summed E-state index contributed by atoms with van der Waals surface area (Å²) < 4.78 is 76.1. The monoisotopic (exact) mass is 676 g/mol. The van der Waals surface area contributed by atoms with Crippen LogP contribution in [0.2, 0.25) is 0 Å². The molecule has 8 nitrogen and oxygen atoms in total. The number of fused-ring (bicyclic) bond motifs is 1. The maximum Gasteiger partial charge on any atom is 0.393 e. The van der Waals surface area contributed by atoms with E-state index < -0.39 is 22.6 Å². The van der Waals surface area contributed by atoms with Gasteiger partial charge in [-0.25, -0.2) is 13.6 Å². The van der Waals surface area contributed by atoms with Crippen molar-refractivity contribution in [3.63, 3.8) is 0 Å². The maximum atomic E-state index is 13.7. The second kappa shape index (κ2) is 13.2. The number of sulfonamides is 1. The number of nitrogens with one attached hydrogen (secondary N) is 2. The molecule has 6 rings (SSSR count). The van der Waals surface area contributed by atoms with Gasteiger partial charge >= 0.3 is 6.18 Å². The number of likely N-dealkylation sites (tertiary alicyclic amines) is 1. The van der Waals surface area contributed by atoms with Crippen LogP contribution < -0.4 is 20.5 Å². The summed E-state index contributed by atoms with van der Waals surface area (Å²) in [6, 6.07) is 10.5. The molecule has 0 bridgehead atoms. The van der Waals surface area contributed by atoms with E-state index in [2.05, 4.69) is 27.4 Å². The molecule has 1 aliphatic carbocycles. The Bertz CT molecular complexity index is 1730. The first-order chi connectivity index (χ1) is 21.9. The number of hydrogen-bond donors (Lipinski definition) is 3. The standard InChI is InChI=1S/C33H39F3N4O4S2/c1-43-29-18-24(46(37,41)42)11-12-27(29)38-15-3-6-30-26(19-33(34,35)36)25-4-2-5-28(31(25)45-30)39-22-7-9-23(10-8-22)40-20-32(21-40)13-16-44-17-14-32/h2,4-5,11-12,18,22-23,38-39H,7-10,13-17,19-21H2,1H3,(H2,37,41,42). The van der Waals surface area contributed by atoms with Gasteiger partial charge in [-0.15, -0.1) is 11.3 Å². The Labute approximate surface area is 271 Å². The van der Waals surface area contributed by atoms with Crippen LogP contribution in [-0.2, 0) is 21.2 Å². The van der Waals surface area contributed by atoms with Crippen molar-refractivity contribution in [2.45, 2.75) is 68.1 Å². The van der Waals surface area contributed by atoms with Crippen LogP contribution in [0.5, 0.6) is 5.75 Å². The van der Waals surface area contributed by atoms with Gasteiger partial charge in [0.15, 0.2) is 0 Å². The lowest BCUT2D eigenvalue weighted by Crippen LogP contribution is -2.62. The molecule has 3 fully saturated rings. The van der Waals surface area contributed by atoms with E-state index in [4.69, 9.17) is 14.6 Å². The van der Waals surface area contributed by atoms with Crippen LogP contribution in [0.25, 0.3) is 10.1 Å². The molecule has 2 saturated heterocycles.